The van der Waals surface area contributed by atoms with Gasteiger partial charge in [-0.15, -0.1) is 0 Å². The van der Waals surface area contributed by atoms with Crippen molar-refractivity contribution < 1.29 is 14.0 Å². The van der Waals surface area contributed by atoms with Gasteiger partial charge in [0.15, 0.2) is 0 Å². The van der Waals surface area contributed by atoms with E-state index in [2.05, 4.69) is 5.32 Å². The number of nitrogens with zero attached hydrogens (tertiary/aromatic N) is 1. The smallest absolute Gasteiger partial charge is 0.242 e. The van der Waals surface area contributed by atoms with Gasteiger partial charge in [-0.25, -0.2) is 4.39 Å². The summed E-state index contributed by atoms with van der Waals surface area (Å²) in [5, 5.41) is 3.46. The second kappa shape index (κ2) is 10.8. The first-order valence-corrected chi connectivity index (χ1v) is 9.89. The fourth-order valence-corrected chi connectivity index (χ4v) is 3.10. The molecule has 150 valence electrons. The molecule has 0 aliphatic rings. The molecule has 0 aliphatic heterocycles. The van der Waals surface area contributed by atoms with Crippen LogP contribution in [-0.2, 0) is 22.6 Å². The van der Waals surface area contributed by atoms with Gasteiger partial charge in [-0.2, -0.15) is 0 Å². The van der Waals surface area contributed by atoms with E-state index < -0.39 is 11.9 Å². The molecule has 2 aromatic carbocycles. The van der Waals surface area contributed by atoms with E-state index >= 15 is 0 Å². The van der Waals surface area contributed by atoms with Crippen LogP contribution in [0.2, 0.25) is 5.02 Å². The fraction of sp³-hybridized carbons (Fsp3) is 0.364. The van der Waals surface area contributed by atoms with Crippen molar-refractivity contribution in [3.63, 3.8) is 0 Å². The topological polar surface area (TPSA) is 49.4 Å². The van der Waals surface area contributed by atoms with E-state index in [-0.39, 0.29) is 24.8 Å². The Kier molecular flexibility index (Phi) is 8.45. The number of halogens is 2. The molecule has 0 fully saturated rings. The van der Waals surface area contributed by atoms with Crippen LogP contribution in [0, 0.1) is 5.82 Å². The Balaban J connectivity index is 2.27. The lowest BCUT2D eigenvalue weighted by Crippen LogP contribution is -2.49. The van der Waals surface area contributed by atoms with Gasteiger partial charge < -0.3 is 10.2 Å². The maximum Gasteiger partial charge on any atom is 0.242 e. The highest BCUT2D eigenvalue weighted by Crippen LogP contribution is 2.17. The molecule has 0 heterocycles. The fourth-order valence-electron chi connectivity index (χ4n) is 2.98. The minimum absolute atomic E-state index is 0.0994. The average Bonchev–Trinajstić information content (AvgIpc) is 2.69. The van der Waals surface area contributed by atoms with E-state index in [0.717, 1.165) is 12.0 Å². The van der Waals surface area contributed by atoms with Crippen LogP contribution in [-0.4, -0.2) is 29.3 Å². The molecule has 0 unspecified atom stereocenters. The van der Waals surface area contributed by atoms with Crippen molar-refractivity contribution in [2.45, 2.75) is 45.7 Å². The minimum atomic E-state index is -0.624. The molecular formula is C22H26ClFN2O2. The molecule has 0 saturated carbocycles. The van der Waals surface area contributed by atoms with Crippen molar-refractivity contribution in [1.82, 2.24) is 10.2 Å². The molecule has 4 nitrogen and oxygen atoms in total. The molecule has 0 radical (unpaired) electrons. The zero-order chi connectivity index (χ0) is 20.5. The number of nitrogens with one attached hydrogen (secondary N) is 1. The first kappa shape index (κ1) is 21.9. The highest BCUT2D eigenvalue weighted by molar-refractivity contribution is 6.30. The first-order chi connectivity index (χ1) is 13.5. The van der Waals surface area contributed by atoms with E-state index in [9.17, 15) is 14.0 Å². The lowest BCUT2D eigenvalue weighted by Gasteiger charge is -2.31. The molecule has 0 aromatic heterocycles. The van der Waals surface area contributed by atoms with Crippen LogP contribution >= 0.6 is 11.6 Å². The standard InChI is InChI=1S/C22H26ClFN2O2/c1-3-13-25-22(28)20(4-2)26(15-16-9-11-18(23)12-10-16)21(27)14-17-7-5-6-8-19(17)24/h5-12,20H,3-4,13-15H2,1-2H3,(H,25,28)/t20-/m1/s1. The summed E-state index contributed by atoms with van der Waals surface area (Å²) in [6.07, 6.45) is 1.17. The van der Waals surface area contributed by atoms with Gasteiger partial charge in [0.05, 0.1) is 6.42 Å². The maximum atomic E-state index is 14.0. The second-order valence-corrected chi connectivity index (χ2v) is 7.07. The predicted molar refractivity (Wildman–Crippen MR) is 109 cm³/mol. The maximum absolute atomic E-state index is 14.0. The van der Waals surface area contributed by atoms with Gasteiger partial charge in [0.1, 0.15) is 11.9 Å². The number of amides is 2. The zero-order valence-electron chi connectivity index (χ0n) is 16.3. The Labute approximate surface area is 170 Å². The molecule has 0 aliphatic carbocycles. The van der Waals surface area contributed by atoms with Gasteiger partial charge in [-0.05, 0) is 42.2 Å². The van der Waals surface area contributed by atoms with Crippen LogP contribution < -0.4 is 5.32 Å². The third kappa shape index (κ3) is 6.06. The first-order valence-electron chi connectivity index (χ1n) is 9.51. The number of carbonyl (C=O) groups is 2. The molecule has 2 rings (SSSR count). The summed E-state index contributed by atoms with van der Waals surface area (Å²) < 4.78 is 14.0. The van der Waals surface area contributed by atoms with Crippen LogP contribution in [0.15, 0.2) is 48.5 Å². The van der Waals surface area contributed by atoms with Gasteiger partial charge >= 0.3 is 0 Å². The summed E-state index contributed by atoms with van der Waals surface area (Å²) >= 11 is 5.95. The lowest BCUT2D eigenvalue weighted by atomic mass is 10.1. The van der Waals surface area contributed by atoms with E-state index in [1.807, 2.05) is 26.0 Å². The van der Waals surface area contributed by atoms with Crippen LogP contribution in [0.5, 0.6) is 0 Å². The van der Waals surface area contributed by atoms with Gasteiger partial charge in [0.2, 0.25) is 11.8 Å². The molecule has 28 heavy (non-hydrogen) atoms. The van der Waals surface area contributed by atoms with E-state index in [1.54, 1.807) is 30.3 Å². The Morgan fingerprint density at radius 1 is 1.11 bits per heavy atom. The Bertz CT molecular complexity index is 795. The highest BCUT2D eigenvalue weighted by Gasteiger charge is 2.28. The van der Waals surface area contributed by atoms with Crippen LogP contribution in [0.1, 0.15) is 37.8 Å². The molecular weight excluding hydrogens is 379 g/mol. The molecule has 1 atom stereocenters. The van der Waals surface area contributed by atoms with Crippen LogP contribution in [0.3, 0.4) is 0 Å². The van der Waals surface area contributed by atoms with Crippen LogP contribution in [0.4, 0.5) is 4.39 Å². The Morgan fingerprint density at radius 3 is 2.39 bits per heavy atom. The third-order valence-corrected chi connectivity index (χ3v) is 4.75. The van der Waals surface area contributed by atoms with E-state index in [4.69, 9.17) is 11.6 Å². The molecule has 0 spiro atoms. The third-order valence-electron chi connectivity index (χ3n) is 4.50. The Morgan fingerprint density at radius 2 is 1.79 bits per heavy atom. The Hall–Kier alpha value is -2.40. The number of carbonyl (C=O) groups excluding carboxylic acids is 2. The average molecular weight is 405 g/mol. The SMILES string of the molecule is CCCNC(=O)[C@@H](CC)N(Cc1ccc(Cl)cc1)C(=O)Cc1ccccc1F. The minimum Gasteiger partial charge on any atom is -0.354 e. The van der Waals surface area contributed by atoms with E-state index in [0.29, 0.717) is 23.6 Å². The predicted octanol–water partition coefficient (Wildman–Crippen LogP) is 4.36. The highest BCUT2D eigenvalue weighted by atomic mass is 35.5. The van der Waals surface area contributed by atoms with Crippen molar-refractivity contribution in [1.29, 1.82) is 0 Å². The van der Waals surface area contributed by atoms with Crippen molar-refractivity contribution >= 4 is 23.4 Å². The summed E-state index contributed by atoms with van der Waals surface area (Å²) in [6, 6.07) is 12.7. The summed E-state index contributed by atoms with van der Waals surface area (Å²) in [5.41, 5.74) is 1.17. The van der Waals surface area contributed by atoms with Gasteiger partial charge in [-0.1, -0.05) is 55.8 Å². The number of rotatable bonds is 9. The largest absolute Gasteiger partial charge is 0.354 e. The van der Waals surface area contributed by atoms with Crippen molar-refractivity contribution in [3.05, 3.63) is 70.5 Å². The molecule has 2 aromatic rings. The summed E-state index contributed by atoms with van der Waals surface area (Å²) in [4.78, 5) is 27.2. The van der Waals surface area contributed by atoms with Crippen molar-refractivity contribution in [2.24, 2.45) is 0 Å². The quantitative estimate of drug-likeness (QED) is 0.675. The van der Waals surface area contributed by atoms with Crippen molar-refractivity contribution in [3.8, 4) is 0 Å². The molecule has 6 heteroatoms. The van der Waals surface area contributed by atoms with E-state index in [1.165, 1.54) is 11.0 Å². The summed E-state index contributed by atoms with van der Waals surface area (Å²) in [6.45, 7) is 4.63. The molecule has 1 N–H and O–H groups in total. The summed E-state index contributed by atoms with van der Waals surface area (Å²) in [5.74, 6) is -0.912. The van der Waals surface area contributed by atoms with Gasteiger partial charge in [0, 0.05) is 18.1 Å². The summed E-state index contributed by atoms with van der Waals surface area (Å²) in [7, 11) is 0. The zero-order valence-corrected chi connectivity index (χ0v) is 17.0. The van der Waals surface area contributed by atoms with Crippen LogP contribution in [0.25, 0.3) is 0 Å². The lowest BCUT2D eigenvalue weighted by molar-refractivity contribution is -0.141. The van der Waals surface area contributed by atoms with Crippen molar-refractivity contribution in [2.75, 3.05) is 6.54 Å². The second-order valence-electron chi connectivity index (χ2n) is 6.63. The van der Waals surface area contributed by atoms with Gasteiger partial charge in [-0.3, -0.25) is 9.59 Å². The molecule has 0 saturated heterocycles. The van der Waals surface area contributed by atoms with Gasteiger partial charge in [0.25, 0.3) is 0 Å². The normalized spacial score (nSPS) is 11.7. The monoisotopic (exact) mass is 404 g/mol. The number of benzene rings is 2. The molecule has 0 bridgehead atoms. The number of hydrogen-bond acceptors (Lipinski definition) is 2. The molecule has 2 amide bonds. The number of hydrogen-bond donors (Lipinski definition) is 1.